The minimum Gasteiger partial charge on any atom is -0.349 e. The molecule has 0 fully saturated rings. The molecule has 5 heteroatoms. The Morgan fingerprint density at radius 1 is 1.21 bits per heavy atom. The first-order chi connectivity index (χ1) is 11.4. The second-order valence-electron chi connectivity index (χ2n) is 7.04. The average molecular weight is 320 g/mol. The van der Waals surface area contributed by atoms with Crippen LogP contribution < -0.4 is 10.6 Å². The van der Waals surface area contributed by atoms with Crippen molar-refractivity contribution in [1.82, 2.24) is 9.55 Å². The van der Waals surface area contributed by atoms with E-state index in [4.69, 9.17) is 0 Å². The first kappa shape index (κ1) is 14.8. The maximum Gasteiger partial charge on any atom is 0.230 e. The average Bonchev–Trinajstić information content (AvgIpc) is 2.89. The van der Waals surface area contributed by atoms with Crippen LogP contribution in [-0.2, 0) is 18.3 Å². The van der Waals surface area contributed by atoms with Crippen LogP contribution in [0.4, 0.5) is 17.2 Å². The number of fused-ring (bicyclic) bond motifs is 2. The van der Waals surface area contributed by atoms with E-state index in [1.165, 1.54) is 0 Å². The van der Waals surface area contributed by atoms with Gasteiger partial charge in [0.25, 0.3) is 0 Å². The van der Waals surface area contributed by atoms with E-state index in [0.717, 1.165) is 40.2 Å². The summed E-state index contributed by atoms with van der Waals surface area (Å²) in [6.45, 7) is 3.94. The summed E-state index contributed by atoms with van der Waals surface area (Å²) < 4.78 is 2.05. The van der Waals surface area contributed by atoms with Gasteiger partial charge in [-0.25, -0.2) is 4.98 Å². The minimum atomic E-state index is -0.382. The zero-order valence-electron chi connectivity index (χ0n) is 14.1. The van der Waals surface area contributed by atoms with Gasteiger partial charge >= 0.3 is 0 Å². The van der Waals surface area contributed by atoms with E-state index in [0.29, 0.717) is 0 Å². The van der Waals surface area contributed by atoms with Gasteiger partial charge < -0.3 is 15.2 Å². The molecule has 2 N–H and O–H groups in total. The van der Waals surface area contributed by atoms with Crippen LogP contribution >= 0.6 is 0 Å². The smallest absolute Gasteiger partial charge is 0.230 e. The first-order valence-corrected chi connectivity index (χ1v) is 8.06. The van der Waals surface area contributed by atoms with Crippen LogP contribution in [0, 0.1) is 5.41 Å². The van der Waals surface area contributed by atoms with E-state index >= 15 is 0 Å². The van der Waals surface area contributed by atoms with Crippen LogP contribution in [0.3, 0.4) is 0 Å². The van der Waals surface area contributed by atoms with Gasteiger partial charge in [-0.15, -0.1) is 0 Å². The van der Waals surface area contributed by atoms with Gasteiger partial charge in [-0.2, -0.15) is 0 Å². The molecular formula is C19H20N4O. The molecular weight excluding hydrogens is 300 g/mol. The Hall–Kier alpha value is -2.82. The van der Waals surface area contributed by atoms with E-state index in [2.05, 4.69) is 32.3 Å². The van der Waals surface area contributed by atoms with E-state index in [1.54, 1.807) is 0 Å². The van der Waals surface area contributed by atoms with Crippen molar-refractivity contribution in [2.75, 3.05) is 10.6 Å². The number of rotatable bonds is 2. The van der Waals surface area contributed by atoms with Crippen LogP contribution in [0.25, 0.3) is 11.0 Å². The summed E-state index contributed by atoms with van der Waals surface area (Å²) in [6, 6.07) is 12.1. The Morgan fingerprint density at radius 3 is 2.88 bits per heavy atom. The molecule has 3 aromatic rings. The Labute approximate surface area is 140 Å². The van der Waals surface area contributed by atoms with E-state index in [1.807, 2.05) is 51.4 Å². The Morgan fingerprint density at radius 2 is 2.04 bits per heavy atom. The quantitative estimate of drug-likeness (QED) is 0.754. The predicted molar refractivity (Wildman–Crippen MR) is 96.6 cm³/mol. The number of hydrogen-bond donors (Lipinski definition) is 2. The van der Waals surface area contributed by atoms with Crippen molar-refractivity contribution < 1.29 is 4.79 Å². The molecule has 1 amide bonds. The zero-order chi connectivity index (χ0) is 16.9. The summed E-state index contributed by atoms with van der Waals surface area (Å²) in [7, 11) is 2.01. The van der Waals surface area contributed by atoms with Crippen LogP contribution in [-0.4, -0.2) is 15.5 Å². The van der Waals surface area contributed by atoms with Gasteiger partial charge in [0.1, 0.15) is 5.82 Å². The molecule has 1 aromatic carbocycles. The monoisotopic (exact) mass is 320 g/mol. The standard InChI is InChI=1S/C19H20N4O/c1-19(2)11-12-10-13(4-5-14(12)22-18(19)24)20-17-7-6-16-15(21-17)8-9-23(16)3/h4-10H,11H2,1-3H3,(H,20,21)(H,22,24). The van der Waals surface area contributed by atoms with Crippen LogP contribution in [0.2, 0.25) is 0 Å². The summed E-state index contributed by atoms with van der Waals surface area (Å²) in [5.41, 5.74) is 4.71. The minimum absolute atomic E-state index is 0.0758. The van der Waals surface area contributed by atoms with E-state index < -0.39 is 0 Å². The summed E-state index contributed by atoms with van der Waals surface area (Å²) in [6.07, 6.45) is 2.74. The molecule has 0 aliphatic carbocycles. The highest BCUT2D eigenvalue weighted by Gasteiger charge is 2.33. The van der Waals surface area contributed by atoms with Crippen molar-refractivity contribution in [1.29, 1.82) is 0 Å². The highest BCUT2D eigenvalue weighted by atomic mass is 16.2. The van der Waals surface area contributed by atoms with Crippen LogP contribution in [0.15, 0.2) is 42.6 Å². The lowest BCUT2D eigenvalue weighted by Crippen LogP contribution is -2.37. The molecule has 3 heterocycles. The molecule has 1 aliphatic rings. The molecule has 1 aliphatic heterocycles. The van der Waals surface area contributed by atoms with Crippen molar-refractivity contribution in [3.8, 4) is 0 Å². The molecule has 0 unspecified atom stereocenters. The largest absolute Gasteiger partial charge is 0.349 e. The first-order valence-electron chi connectivity index (χ1n) is 8.06. The number of benzene rings is 1. The lowest BCUT2D eigenvalue weighted by molar-refractivity contribution is -0.124. The Bertz CT molecular complexity index is 955. The molecule has 0 radical (unpaired) electrons. The number of pyridine rings is 1. The van der Waals surface area contributed by atoms with Gasteiger partial charge in [-0.3, -0.25) is 4.79 Å². The van der Waals surface area contributed by atoms with Crippen LogP contribution in [0.5, 0.6) is 0 Å². The normalized spacial score (nSPS) is 15.9. The maximum atomic E-state index is 12.0. The van der Waals surface area contributed by atoms with Crippen molar-refractivity contribution in [3.05, 3.63) is 48.2 Å². The molecule has 24 heavy (non-hydrogen) atoms. The summed E-state index contributed by atoms with van der Waals surface area (Å²) >= 11 is 0. The number of aromatic nitrogens is 2. The highest BCUT2D eigenvalue weighted by Crippen LogP contribution is 2.35. The molecule has 0 spiro atoms. The third-order valence-electron chi connectivity index (χ3n) is 4.61. The fourth-order valence-electron chi connectivity index (χ4n) is 3.16. The molecule has 2 aromatic heterocycles. The van der Waals surface area contributed by atoms with Gasteiger partial charge in [-0.05, 0) is 48.4 Å². The molecule has 0 bridgehead atoms. The maximum absolute atomic E-state index is 12.0. The van der Waals surface area contributed by atoms with Crippen molar-refractivity contribution in [2.24, 2.45) is 12.5 Å². The highest BCUT2D eigenvalue weighted by molar-refractivity contribution is 5.98. The third kappa shape index (κ3) is 2.42. The molecule has 0 saturated carbocycles. The molecule has 0 saturated heterocycles. The summed E-state index contributed by atoms with van der Waals surface area (Å²) in [5.74, 6) is 0.889. The van der Waals surface area contributed by atoms with Crippen molar-refractivity contribution in [2.45, 2.75) is 20.3 Å². The Balaban J connectivity index is 1.64. The summed E-state index contributed by atoms with van der Waals surface area (Å²) in [5, 5.41) is 6.34. The van der Waals surface area contributed by atoms with Gasteiger partial charge in [0, 0.05) is 30.0 Å². The number of carbonyl (C=O) groups excluding carboxylic acids is 1. The van der Waals surface area contributed by atoms with Crippen molar-refractivity contribution >= 4 is 34.1 Å². The van der Waals surface area contributed by atoms with Gasteiger partial charge in [0.15, 0.2) is 0 Å². The van der Waals surface area contributed by atoms with E-state index in [9.17, 15) is 4.79 Å². The number of aryl methyl sites for hydroxylation is 1. The van der Waals surface area contributed by atoms with Crippen LogP contribution in [0.1, 0.15) is 19.4 Å². The second-order valence-corrected chi connectivity index (χ2v) is 7.04. The zero-order valence-corrected chi connectivity index (χ0v) is 14.1. The number of carbonyl (C=O) groups is 1. The number of nitrogens with zero attached hydrogens (tertiary/aromatic N) is 2. The number of amides is 1. The number of nitrogens with one attached hydrogen (secondary N) is 2. The van der Waals surface area contributed by atoms with Crippen molar-refractivity contribution in [3.63, 3.8) is 0 Å². The van der Waals surface area contributed by atoms with Gasteiger partial charge in [0.05, 0.1) is 11.0 Å². The molecule has 122 valence electrons. The fraction of sp³-hybridized carbons (Fsp3) is 0.263. The lowest BCUT2D eigenvalue weighted by Gasteiger charge is -2.30. The predicted octanol–water partition coefficient (Wildman–Crippen LogP) is 3.84. The van der Waals surface area contributed by atoms with Gasteiger partial charge in [0.2, 0.25) is 5.91 Å². The number of anilines is 3. The fourth-order valence-corrected chi connectivity index (χ4v) is 3.16. The lowest BCUT2D eigenvalue weighted by atomic mass is 9.81. The molecule has 4 rings (SSSR count). The van der Waals surface area contributed by atoms with Gasteiger partial charge in [-0.1, -0.05) is 13.8 Å². The topological polar surface area (TPSA) is 59.0 Å². The SMILES string of the molecule is Cn1ccc2nc(Nc3ccc4c(c3)CC(C)(C)C(=O)N4)ccc21. The molecule has 0 atom stereocenters. The second kappa shape index (κ2) is 5.09. The third-order valence-corrected chi connectivity index (χ3v) is 4.61. The van der Waals surface area contributed by atoms with E-state index in [-0.39, 0.29) is 11.3 Å². The number of hydrogen-bond acceptors (Lipinski definition) is 3. The summed E-state index contributed by atoms with van der Waals surface area (Å²) in [4.78, 5) is 16.7. The molecule has 5 nitrogen and oxygen atoms in total. The Kier molecular flexibility index (Phi) is 3.13.